The van der Waals surface area contributed by atoms with Gasteiger partial charge in [-0.25, -0.2) is 4.79 Å². The number of nitrogens with zero attached hydrogens (tertiary/aromatic N) is 1. The minimum atomic E-state index is -0.973. The van der Waals surface area contributed by atoms with E-state index >= 15 is 0 Å². The Morgan fingerprint density at radius 3 is 2.40 bits per heavy atom. The molecule has 0 aromatic heterocycles. The van der Waals surface area contributed by atoms with E-state index in [2.05, 4.69) is 51.1 Å². The molecule has 0 saturated carbocycles. The minimum Gasteiger partial charge on any atom is -0.487 e. The molecule has 6 nitrogen and oxygen atoms in total. The molecule has 30 heavy (non-hydrogen) atoms. The summed E-state index contributed by atoms with van der Waals surface area (Å²) < 4.78 is 7.61. The molecule has 0 aliphatic carbocycles. The largest absolute Gasteiger partial charge is 0.487 e. The number of carboxylic acid groups (broad SMARTS) is 1. The number of ether oxygens (including phenoxy) is 1. The number of benzene rings is 2. The molecule has 0 radical (unpaired) electrons. The number of terminal acetylenes is 1. The fraction of sp³-hybridized carbons (Fsp3) is 0.0952. The van der Waals surface area contributed by atoms with Gasteiger partial charge in [-0.2, -0.15) is 0 Å². The summed E-state index contributed by atoms with van der Waals surface area (Å²) in [5.41, 5.74) is 1.84. The lowest BCUT2D eigenvalue weighted by molar-refractivity contribution is -0.122. The molecular formula is C21H13I2NO5S. The SMILES string of the molecule is C#CCN1C(=O)S/C(=C/c2cc(I)c(OCc3ccc(C(=O)O)cc3)c(I)c2)C1=O. The van der Waals surface area contributed by atoms with Gasteiger partial charge in [-0.05, 0) is 98.4 Å². The van der Waals surface area contributed by atoms with E-state index in [9.17, 15) is 14.4 Å². The van der Waals surface area contributed by atoms with Crippen LogP contribution in [0.1, 0.15) is 21.5 Å². The highest BCUT2D eigenvalue weighted by atomic mass is 127. The van der Waals surface area contributed by atoms with E-state index in [1.807, 2.05) is 12.1 Å². The smallest absolute Gasteiger partial charge is 0.335 e. The number of hydrogen-bond donors (Lipinski definition) is 1. The molecule has 0 atom stereocenters. The number of carboxylic acids is 1. The van der Waals surface area contributed by atoms with Gasteiger partial charge >= 0.3 is 5.97 Å². The number of halogens is 2. The molecule has 9 heteroatoms. The fourth-order valence-electron chi connectivity index (χ4n) is 2.58. The molecule has 1 fully saturated rings. The van der Waals surface area contributed by atoms with Crippen molar-refractivity contribution < 1.29 is 24.2 Å². The average Bonchev–Trinajstić information content (AvgIpc) is 2.95. The maximum Gasteiger partial charge on any atom is 0.335 e. The van der Waals surface area contributed by atoms with Gasteiger partial charge in [0.25, 0.3) is 11.1 Å². The molecule has 0 bridgehead atoms. The van der Waals surface area contributed by atoms with Gasteiger partial charge in [-0.3, -0.25) is 14.5 Å². The summed E-state index contributed by atoms with van der Waals surface area (Å²) in [6.45, 7) is 0.244. The maximum absolute atomic E-state index is 12.3. The second-order valence-corrected chi connectivity index (χ2v) is 9.39. The summed E-state index contributed by atoms with van der Waals surface area (Å²) in [4.78, 5) is 36.5. The molecule has 2 aromatic rings. The van der Waals surface area contributed by atoms with Crippen molar-refractivity contribution in [1.82, 2.24) is 4.90 Å². The molecule has 0 unspecified atom stereocenters. The van der Waals surface area contributed by atoms with Crippen LogP contribution in [0.3, 0.4) is 0 Å². The van der Waals surface area contributed by atoms with E-state index < -0.39 is 11.9 Å². The summed E-state index contributed by atoms with van der Waals surface area (Å²) in [5.74, 6) is 1.64. The fourth-order valence-corrected chi connectivity index (χ4v) is 5.54. The topological polar surface area (TPSA) is 83.9 Å². The van der Waals surface area contributed by atoms with Crippen LogP contribution < -0.4 is 4.74 Å². The standard InChI is InChI=1S/C21H13I2NO5S/c1-2-7-24-19(25)17(30-21(24)28)10-13-8-15(22)18(16(23)9-13)29-11-12-3-5-14(6-4-12)20(26)27/h1,3-6,8-10H,7,11H2,(H,26,27)/b17-10+. The Bertz CT molecular complexity index is 1080. The van der Waals surface area contributed by atoms with Crippen LogP contribution in [0.4, 0.5) is 4.79 Å². The predicted octanol–water partition coefficient (Wildman–Crippen LogP) is 4.84. The van der Waals surface area contributed by atoms with Crippen LogP contribution in [-0.2, 0) is 11.4 Å². The number of carbonyl (C=O) groups excluding carboxylic acids is 2. The Hall–Kier alpha value is -2.04. The zero-order valence-corrected chi connectivity index (χ0v) is 20.4. The lowest BCUT2D eigenvalue weighted by Crippen LogP contribution is -2.28. The van der Waals surface area contributed by atoms with E-state index in [1.165, 1.54) is 12.1 Å². The summed E-state index contributed by atoms with van der Waals surface area (Å²) in [6.07, 6.45) is 6.88. The molecular weight excluding hydrogens is 632 g/mol. The lowest BCUT2D eigenvalue weighted by atomic mass is 10.1. The van der Waals surface area contributed by atoms with Crippen LogP contribution in [0.5, 0.6) is 5.75 Å². The van der Waals surface area contributed by atoms with Gasteiger partial charge in [-0.15, -0.1) is 6.42 Å². The first-order valence-corrected chi connectivity index (χ1v) is 11.4. The van der Waals surface area contributed by atoms with E-state index in [4.69, 9.17) is 16.3 Å². The van der Waals surface area contributed by atoms with Gasteiger partial charge in [0.05, 0.1) is 24.2 Å². The highest BCUT2D eigenvalue weighted by molar-refractivity contribution is 14.1. The van der Waals surface area contributed by atoms with Crippen molar-refractivity contribution in [2.75, 3.05) is 6.54 Å². The van der Waals surface area contributed by atoms with E-state index in [-0.39, 0.29) is 24.0 Å². The average molecular weight is 645 g/mol. The third-order valence-corrected chi connectivity index (χ3v) is 6.54. The lowest BCUT2D eigenvalue weighted by Gasteiger charge is -2.12. The molecule has 1 heterocycles. The molecule has 152 valence electrons. The second kappa shape index (κ2) is 9.84. The highest BCUT2D eigenvalue weighted by Gasteiger charge is 2.34. The van der Waals surface area contributed by atoms with E-state index in [0.29, 0.717) is 10.7 Å². The monoisotopic (exact) mass is 645 g/mol. The zero-order chi connectivity index (χ0) is 21.8. The second-order valence-electron chi connectivity index (χ2n) is 6.08. The molecule has 1 aliphatic rings. The van der Waals surface area contributed by atoms with Gasteiger partial charge in [0.1, 0.15) is 12.4 Å². The van der Waals surface area contributed by atoms with Crippen molar-refractivity contribution in [2.24, 2.45) is 0 Å². The number of imide groups is 1. The number of carbonyl (C=O) groups is 3. The van der Waals surface area contributed by atoms with Gasteiger partial charge < -0.3 is 9.84 Å². The van der Waals surface area contributed by atoms with Gasteiger partial charge in [0.15, 0.2) is 0 Å². The van der Waals surface area contributed by atoms with Crippen molar-refractivity contribution in [3.05, 3.63) is 65.1 Å². The van der Waals surface area contributed by atoms with Gasteiger partial charge in [0, 0.05) is 0 Å². The maximum atomic E-state index is 12.3. The van der Waals surface area contributed by atoms with E-state index in [0.717, 1.165) is 34.9 Å². The normalized spacial score (nSPS) is 14.8. The summed E-state index contributed by atoms with van der Waals surface area (Å²) in [7, 11) is 0. The first-order chi connectivity index (χ1) is 14.3. The van der Waals surface area contributed by atoms with E-state index in [1.54, 1.807) is 18.2 Å². The van der Waals surface area contributed by atoms with Crippen LogP contribution >= 0.6 is 56.9 Å². The Labute approximate surface area is 204 Å². The number of hydrogen-bond acceptors (Lipinski definition) is 5. The predicted molar refractivity (Wildman–Crippen MR) is 131 cm³/mol. The Morgan fingerprint density at radius 2 is 1.83 bits per heavy atom. The van der Waals surface area contributed by atoms with Crippen LogP contribution in [0, 0.1) is 19.5 Å². The van der Waals surface area contributed by atoms with Crippen molar-refractivity contribution >= 4 is 80.1 Å². The van der Waals surface area contributed by atoms with Crippen LogP contribution in [0.2, 0.25) is 0 Å². The van der Waals surface area contributed by atoms with Crippen molar-refractivity contribution in [1.29, 1.82) is 0 Å². The Balaban J connectivity index is 1.76. The van der Waals surface area contributed by atoms with Gasteiger partial charge in [0.2, 0.25) is 0 Å². The first-order valence-electron chi connectivity index (χ1n) is 8.43. The molecule has 3 rings (SSSR count). The van der Waals surface area contributed by atoms with Crippen molar-refractivity contribution in [2.45, 2.75) is 6.61 Å². The molecule has 1 saturated heterocycles. The summed E-state index contributed by atoms with van der Waals surface area (Å²) in [6, 6.07) is 10.2. The Kier molecular flexibility index (Phi) is 7.43. The molecule has 2 amide bonds. The third-order valence-electron chi connectivity index (χ3n) is 4.03. The van der Waals surface area contributed by atoms with Crippen molar-refractivity contribution in [3.63, 3.8) is 0 Å². The zero-order valence-electron chi connectivity index (χ0n) is 15.2. The number of aromatic carboxylic acids is 1. The summed E-state index contributed by atoms with van der Waals surface area (Å²) >= 11 is 5.17. The van der Waals surface area contributed by atoms with Crippen molar-refractivity contribution in [3.8, 4) is 18.1 Å². The minimum absolute atomic E-state index is 0.0443. The van der Waals surface area contributed by atoms with Crippen LogP contribution in [0.25, 0.3) is 6.08 Å². The third kappa shape index (κ3) is 5.16. The highest BCUT2D eigenvalue weighted by Crippen LogP contribution is 2.34. The Morgan fingerprint density at radius 1 is 1.20 bits per heavy atom. The van der Waals surface area contributed by atoms with Crippen LogP contribution in [0.15, 0.2) is 41.3 Å². The quantitative estimate of drug-likeness (QED) is 0.275. The number of rotatable bonds is 6. The molecule has 1 N–H and O–H groups in total. The molecule has 2 aromatic carbocycles. The molecule has 0 spiro atoms. The van der Waals surface area contributed by atoms with Crippen LogP contribution in [-0.4, -0.2) is 33.7 Å². The van der Waals surface area contributed by atoms with Gasteiger partial charge in [-0.1, -0.05) is 18.1 Å². The number of amides is 2. The first kappa shape index (κ1) is 22.6. The number of thioether (sulfide) groups is 1. The summed E-state index contributed by atoms with van der Waals surface area (Å²) in [5, 5.41) is 8.59. The molecule has 1 aliphatic heterocycles.